The molecule has 0 unspecified atom stereocenters. The number of rotatable bonds is 7. The van der Waals surface area contributed by atoms with Crippen molar-refractivity contribution in [1.29, 1.82) is 0 Å². The highest BCUT2D eigenvalue weighted by Gasteiger charge is 2.29. The molecule has 10 heteroatoms. The summed E-state index contributed by atoms with van der Waals surface area (Å²) in [7, 11) is -3.06. The van der Waals surface area contributed by atoms with E-state index in [1.54, 1.807) is 0 Å². The zero-order valence-corrected chi connectivity index (χ0v) is 14.7. The second kappa shape index (κ2) is 8.61. The van der Waals surface area contributed by atoms with E-state index in [9.17, 15) is 26.8 Å². The molecule has 1 atom stereocenters. The van der Waals surface area contributed by atoms with E-state index in [0.717, 1.165) is 0 Å². The molecule has 0 bridgehead atoms. The summed E-state index contributed by atoms with van der Waals surface area (Å²) in [5.74, 6) is -3.93. The van der Waals surface area contributed by atoms with Crippen molar-refractivity contribution in [1.82, 2.24) is 0 Å². The van der Waals surface area contributed by atoms with Gasteiger partial charge in [-0.15, -0.1) is 0 Å². The summed E-state index contributed by atoms with van der Waals surface area (Å²) in [6, 6.07) is 5.82. The molecule has 25 heavy (non-hydrogen) atoms. The fourth-order valence-corrected chi connectivity index (χ4v) is 4.75. The van der Waals surface area contributed by atoms with Crippen molar-refractivity contribution in [3.05, 3.63) is 24.3 Å². The Morgan fingerprint density at radius 3 is 2.52 bits per heavy atom. The van der Waals surface area contributed by atoms with Crippen LogP contribution in [0.25, 0.3) is 0 Å². The minimum atomic E-state index is -3.06. The van der Waals surface area contributed by atoms with Gasteiger partial charge in [-0.1, -0.05) is 11.8 Å². The largest absolute Gasteiger partial charge is 0.456 e. The number of carbonyl (C=O) groups is 2. The SMILES string of the molecule is O=C(COC(=O)C[C@@H]1CCS(=O)(=O)C1)Nc1ccc(SC(F)F)cc1. The molecule has 6 nitrogen and oxygen atoms in total. The zero-order chi connectivity index (χ0) is 18.4. The molecule has 1 aliphatic rings. The van der Waals surface area contributed by atoms with Gasteiger partial charge < -0.3 is 10.1 Å². The second-order valence-corrected chi connectivity index (χ2v) is 8.88. The molecular formula is C15H17F2NO5S2. The number of halogens is 2. The average Bonchev–Trinajstić information content (AvgIpc) is 2.85. The first kappa shape index (κ1) is 19.6. The highest BCUT2D eigenvalue weighted by molar-refractivity contribution is 7.99. The first-order valence-corrected chi connectivity index (χ1v) is 10.1. The van der Waals surface area contributed by atoms with Crippen molar-refractivity contribution in [3.63, 3.8) is 0 Å². The first-order valence-electron chi connectivity index (χ1n) is 7.44. The third kappa shape index (κ3) is 6.99. The summed E-state index contributed by atoms with van der Waals surface area (Å²) in [5.41, 5.74) is 0.390. The standard InChI is InChI=1S/C15H17F2NO5S2/c16-15(17)24-12-3-1-11(2-4-12)18-13(19)8-23-14(20)7-10-5-6-25(21,22)9-10/h1-4,10,15H,5-9H2,(H,18,19)/t10-/m0/s1. The lowest BCUT2D eigenvalue weighted by molar-refractivity contribution is -0.148. The number of esters is 1. The Kier molecular flexibility index (Phi) is 6.77. The Hall–Kier alpha value is -1.68. The quantitative estimate of drug-likeness (QED) is 0.565. The Bertz CT molecular complexity index is 722. The number of carbonyl (C=O) groups excluding carboxylic acids is 2. The molecule has 0 aromatic heterocycles. The zero-order valence-electron chi connectivity index (χ0n) is 13.1. The van der Waals surface area contributed by atoms with Crippen LogP contribution in [0, 0.1) is 5.92 Å². The molecule has 1 aromatic rings. The smallest absolute Gasteiger partial charge is 0.306 e. The molecule has 0 saturated carbocycles. The van der Waals surface area contributed by atoms with Crippen LogP contribution in [0.4, 0.5) is 14.5 Å². The molecule has 138 valence electrons. The third-order valence-electron chi connectivity index (χ3n) is 3.51. The van der Waals surface area contributed by atoms with Crippen molar-refractivity contribution in [2.75, 3.05) is 23.4 Å². The monoisotopic (exact) mass is 393 g/mol. The number of hydrogen-bond acceptors (Lipinski definition) is 6. The highest BCUT2D eigenvalue weighted by Crippen LogP contribution is 2.26. The van der Waals surface area contributed by atoms with Crippen LogP contribution in [0.5, 0.6) is 0 Å². The van der Waals surface area contributed by atoms with Crippen LogP contribution in [0.2, 0.25) is 0 Å². The van der Waals surface area contributed by atoms with E-state index in [4.69, 9.17) is 4.74 Å². The maximum absolute atomic E-state index is 12.2. The molecule has 1 fully saturated rings. The summed E-state index contributed by atoms with van der Waals surface area (Å²) < 4.78 is 51.9. The Morgan fingerprint density at radius 2 is 1.96 bits per heavy atom. The summed E-state index contributed by atoms with van der Waals surface area (Å²) >= 11 is 0.397. The van der Waals surface area contributed by atoms with Gasteiger partial charge in [-0.05, 0) is 36.6 Å². The van der Waals surface area contributed by atoms with Crippen LogP contribution < -0.4 is 5.32 Å². The van der Waals surface area contributed by atoms with Crippen molar-refractivity contribution in [2.24, 2.45) is 5.92 Å². The Labute approximate surface area is 148 Å². The van der Waals surface area contributed by atoms with E-state index in [-0.39, 0.29) is 23.8 Å². The predicted molar refractivity (Wildman–Crippen MR) is 89.3 cm³/mol. The van der Waals surface area contributed by atoms with E-state index in [0.29, 0.717) is 28.8 Å². The highest BCUT2D eigenvalue weighted by atomic mass is 32.2. The molecule has 0 aliphatic carbocycles. The van der Waals surface area contributed by atoms with Gasteiger partial charge in [0, 0.05) is 17.0 Å². The van der Waals surface area contributed by atoms with Gasteiger partial charge in [-0.2, -0.15) is 8.78 Å². The fourth-order valence-electron chi connectivity index (χ4n) is 2.39. The van der Waals surface area contributed by atoms with Gasteiger partial charge in [-0.25, -0.2) is 8.42 Å². The summed E-state index contributed by atoms with van der Waals surface area (Å²) in [6.45, 7) is -0.494. The second-order valence-electron chi connectivity index (χ2n) is 5.58. The van der Waals surface area contributed by atoms with Crippen LogP contribution >= 0.6 is 11.8 Å². The summed E-state index contributed by atoms with van der Waals surface area (Å²) in [4.78, 5) is 23.7. The average molecular weight is 393 g/mol. The topological polar surface area (TPSA) is 89.5 Å². The van der Waals surface area contributed by atoms with Crippen LogP contribution in [-0.2, 0) is 24.2 Å². The molecule has 1 aliphatic heterocycles. The van der Waals surface area contributed by atoms with Crippen molar-refractivity contribution < 1.29 is 31.5 Å². The number of ether oxygens (including phenoxy) is 1. The molecule has 2 rings (SSSR count). The number of sulfone groups is 1. The van der Waals surface area contributed by atoms with Crippen LogP contribution in [0.3, 0.4) is 0 Å². The molecule has 1 heterocycles. The van der Waals surface area contributed by atoms with E-state index in [1.807, 2.05) is 0 Å². The Morgan fingerprint density at radius 1 is 1.28 bits per heavy atom. The maximum atomic E-state index is 12.2. The normalized spacial score (nSPS) is 18.9. The summed E-state index contributed by atoms with van der Waals surface area (Å²) in [5, 5.41) is 2.48. The Balaban J connectivity index is 1.72. The van der Waals surface area contributed by atoms with Gasteiger partial charge in [0.2, 0.25) is 0 Å². The fraction of sp³-hybridized carbons (Fsp3) is 0.467. The van der Waals surface area contributed by atoms with Crippen molar-refractivity contribution in [3.8, 4) is 0 Å². The van der Waals surface area contributed by atoms with E-state index < -0.39 is 34.1 Å². The number of benzene rings is 1. The number of nitrogens with one attached hydrogen (secondary N) is 1. The minimum Gasteiger partial charge on any atom is -0.456 e. The lowest BCUT2D eigenvalue weighted by Gasteiger charge is -2.09. The number of anilines is 1. The minimum absolute atomic E-state index is 0.0305. The molecule has 1 amide bonds. The molecule has 1 saturated heterocycles. The number of thioether (sulfide) groups is 1. The van der Waals surface area contributed by atoms with E-state index in [2.05, 4.69) is 5.32 Å². The van der Waals surface area contributed by atoms with E-state index in [1.165, 1.54) is 24.3 Å². The van der Waals surface area contributed by atoms with Crippen LogP contribution in [-0.4, -0.2) is 44.2 Å². The lowest BCUT2D eigenvalue weighted by Crippen LogP contribution is -2.22. The van der Waals surface area contributed by atoms with Gasteiger partial charge in [0.25, 0.3) is 11.7 Å². The number of alkyl halides is 2. The molecule has 0 spiro atoms. The summed E-state index contributed by atoms with van der Waals surface area (Å²) in [6.07, 6.45) is 0.388. The van der Waals surface area contributed by atoms with Gasteiger partial charge in [-0.3, -0.25) is 9.59 Å². The third-order valence-corrected chi connectivity index (χ3v) is 6.07. The first-order chi connectivity index (χ1) is 11.7. The predicted octanol–water partition coefficient (Wildman–Crippen LogP) is 2.31. The van der Waals surface area contributed by atoms with Gasteiger partial charge >= 0.3 is 5.97 Å². The molecule has 1 N–H and O–H groups in total. The van der Waals surface area contributed by atoms with Gasteiger partial charge in [0.15, 0.2) is 16.4 Å². The van der Waals surface area contributed by atoms with Crippen molar-refractivity contribution in [2.45, 2.75) is 23.5 Å². The lowest BCUT2D eigenvalue weighted by atomic mass is 10.1. The van der Waals surface area contributed by atoms with Gasteiger partial charge in [0.1, 0.15) is 0 Å². The molecule has 1 aromatic carbocycles. The maximum Gasteiger partial charge on any atom is 0.306 e. The number of hydrogen-bond donors (Lipinski definition) is 1. The van der Waals surface area contributed by atoms with Crippen LogP contribution in [0.15, 0.2) is 29.2 Å². The van der Waals surface area contributed by atoms with Crippen LogP contribution in [0.1, 0.15) is 12.8 Å². The molecule has 0 radical (unpaired) electrons. The van der Waals surface area contributed by atoms with Crippen molar-refractivity contribution >= 4 is 39.2 Å². The van der Waals surface area contributed by atoms with Gasteiger partial charge in [0.05, 0.1) is 11.5 Å². The van der Waals surface area contributed by atoms with E-state index >= 15 is 0 Å². The molecular weight excluding hydrogens is 376 g/mol. The number of amides is 1.